The molecule has 0 fully saturated rings. The van der Waals surface area contributed by atoms with Crippen LogP contribution in [0.2, 0.25) is 0 Å². The minimum atomic E-state index is 0.907. The fourth-order valence-electron chi connectivity index (χ4n) is 8.26. The maximum atomic E-state index is 6.26. The van der Waals surface area contributed by atoms with Crippen molar-refractivity contribution in [1.29, 1.82) is 0 Å². The second-order valence-electron chi connectivity index (χ2n) is 13.3. The van der Waals surface area contributed by atoms with Crippen LogP contribution in [0, 0.1) is 0 Å². The number of aromatic nitrogens is 2. The summed E-state index contributed by atoms with van der Waals surface area (Å²) in [4.78, 5) is 0. The molecule has 0 amide bonds. The monoisotopic (exact) mass is 650 g/mol. The summed E-state index contributed by atoms with van der Waals surface area (Å²) in [6.45, 7) is 0. The fourth-order valence-corrected chi connectivity index (χ4v) is 8.26. The van der Waals surface area contributed by atoms with E-state index in [1.54, 1.807) is 0 Å². The Morgan fingerprint density at radius 3 is 1.43 bits per heavy atom. The highest BCUT2D eigenvalue weighted by Gasteiger charge is 2.21. The Hall–Kier alpha value is -6.84. The van der Waals surface area contributed by atoms with Crippen molar-refractivity contribution in [2.24, 2.45) is 0 Å². The van der Waals surface area contributed by atoms with E-state index in [1.807, 2.05) is 12.1 Å². The lowest BCUT2D eigenvalue weighted by Crippen LogP contribution is -1.95. The molecule has 3 aromatic heterocycles. The molecule has 0 aliphatic carbocycles. The van der Waals surface area contributed by atoms with Crippen LogP contribution in [-0.2, 0) is 0 Å². The predicted octanol–water partition coefficient (Wildman–Crippen LogP) is 13.1. The zero-order chi connectivity index (χ0) is 33.5. The largest absolute Gasteiger partial charge is 0.456 e. The average molecular weight is 651 g/mol. The molecule has 3 heterocycles. The van der Waals surface area contributed by atoms with Gasteiger partial charge in [-0.05, 0) is 89.0 Å². The SMILES string of the molecule is c1ccc(-c2cccc(-n3c4ccccc4c4c5c6ccccc6n(-c6cccc(-c7ccc8c(c7)oc7ccccc78)c6)c5ccc43)c2)cc1. The van der Waals surface area contributed by atoms with Gasteiger partial charge in [0.05, 0.1) is 22.1 Å². The van der Waals surface area contributed by atoms with Gasteiger partial charge in [-0.1, -0.05) is 115 Å². The van der Waals surface area contributed by atoms with Crippen molar-refractivity contribution in [1.82, 2.24) is 9.13 Å². The summed E-state index contributed by atoms with van der Waals surface area (Å²) >= 11 is 0. The van der Waals surface area contributed by atoms with Crippen molar-refractivity contribution >= 4 is 65.6 Å². The summed E-state index contributed by atoms with van der Waals surface area (Å²) in [6.07, 6.45) is 0. The third kappa shape index (κ3) is 4.19. The Morgan fingerprint density at radius 2 is 0.784 bits per heavy atom. The van der Waals surface area contributed by atoms with E-state index in [2.05, 4.69) is 179 Å². The number of benzene rings is 8. The van der Waals surface area contributed by atoms with Crippen LogP contribution >= 0.6 is 0 Å². The van der Waals surface area contributed by atoms with Gasteiger partial charge >= 0.3 is 0 Å². The number of nitrogens with zero attached hydrogens (tertiary/aromatic N) is 2. The molecule has 0 saturated heterocycles. The maximum absolute atomic E-state index is 6.26. The smallest absolute Gasteiger partial charge is 0.136 e. The Kier molecular flexibility index (Phi) is 5.96. The van der Waals surface area contributed by atoms with Crippen molar-refractivity contribution in [3.05, 3.63) is 182 Å². The molecule has 0 saturated carbocycles. The lowest BCUT2D eigenvalue weighted by atomic mass is 10.0. The van der Waals surface area contributed by atoms with Crippen molar-refractivity contribution in [3.63, 3.8) is 0 Å². The van der Waals surface area contributed by atoms with Crippen LogP contribution in [0.5, 0.6) is 0 Å². The third-order valence-electron chi connectivity index (χ3n) is 10.5. The van der Waals surface area contributed by atoms with Gasteiger partial charge in [-0.2, -0.15) is 0 Å². The van der Waals surface area contributed by atoms with Crippen LogP contribution in [0.1, 0.15) is 0 Å². The predicted molar refractivity (Wildman–Crippen MR) is 213 cm³/mol. The molecular weight excluding hydrogens is 621 g/mol. The minimum absolute atomic E-state index is 0.907. The Bertz CT molecular complexity index is 3140. The highest BCUT2D eigenvalue weighted by atomic mass is 16.3. The molecule has 3 heteroatoms. The molecule has 11 rings (SSSR count). The number of fused-ring (bicyclic) bond motifs is 10. The molecule has 0 spiro atoms. The first-order chi connectivity index (χ1) is 25.3. The van der Waals surface area contributed by atoms with E-state index in [9.17, 15) is 0 Å². The molecule has 8 aromatic carbocycles. The first-order valence-corrected chi connectivity index (χ1v) is 17.4. The van der Waals surface area contributed by atoms with Gasteiger partial charge in [0, 0.05) is 43.7 Å². The molecular formula is C48H30N2O. The van der Waals surface area contributed by atoms with E-state index in [1.165, 1.54) is 54.7 Å². The summed E-state index contributed by atoms with van der Waals surface area (Å²) in [7, 11) is 0. The molecule has 51 heavy (non-hydrogen) atoms. The van der Waals surface area contributed by atoms with E-state index in [0.717, 1.165) is 44.4 Å². The lowest BCUT2D eigenvalue weighted by Gasteiger charge is -2.12. The molecule has 0 N–H and O–H groups in total. The molecule has 0 aliphatic heterocycles. The highest BCUT2D eigenvalue weighted by Crippen LogP contribution is 2.43. The highest BCUT2D eigenvalue weighted by molar-refractivity contribution is 6.29. The van der Waals surface area contributed by atoms with Crippen LogP contribution in [0.15, 0.2) is 186 Å². The molecule has 0 atom stereocenters. The number of para-hydroxylation sites is 3. The van der Waals surface area contributed by atoms with Gasteiger partial charge in [0.1, 0.15) is 11.2 Å². The van der Waals surface area contributed by atoms with Gasteiger partial charge in [0.15, 0.2) is 0 Å². The molecule has 3 nitrogen and oxygen atoms in total. The van der Waals surface area contributed by atoms with Crippen LogP contribution in [0.25, 0.3) is 99.2 Å². The van der Waals surface area contributed by atoms with E-state index in [4.69, 9.17) is 4.42 Å². The Balaban J connectivity index is 1.14. The van der Waals surface area contributed by atoms with Gasteiger partial charge in [0.2, 0.25) is 0 Å². The zero-order valence-corrected chi connectivity index (χ0v) is 27.6. The molecule has 238 valence electrons. The third-order valence-corrected chi connectivity index (χ3v) is 10.5. The van der Waals surface area contributed by atoms with E-state index < -0.39 is 0 Å². The molecule has 0 bridgehead atoms. The van der Waals surface area contributed by atoms with Crippen LogP contribution in [0.4, 0.5) is 0 Å². The fraction of sp³-hybridized carbons (Fsp3) is 0. The molecule has 0 radical (unpaired) electrons. The maximum Gasteiger partial charge on any atom is 0.136 e. The first kappa shape index (κ1) is 28.0. The zero-order valence-electron chi connectivity index (χ0n) is 27.6. The summed E-state index contributed by atoms with van der Waals surface area (Å²) in [5, 5.41) is 7.32. The van der Waals surface area contributed by atoms with E-state index >= 15 is 0 Å². The summed E-state index contributed by atoms with van der Waals surface area (Å²) in [6, 6.07) is 65.5. The molecule has 11 aromatic rings. The van der Waals surface area contributed by atoms with Crippen molar-refractivity contribution in [2.45, 2.75) is 0 Å². The van der Waals surface area contributed by atoms with Gasteiger partial charge in [0.25, 0.3) is 0 Å². The number of hydrogen-bond donors (Lipinski definition) is 0. The molecule has 0 aliphatic rings. The van der Waals surface area contributed by atoms with Gasteiger partial charge in [-0.25, -0.2) is 0 Å². The molecule has 0 unspecified atom stereocenters. The summed E-state index contributed by atoms with van der Waals surface area (Å²) < 4.78 is 11.1. The summed E-state index contributed by atoms with van der Waals surface area (Å²) in [5.41, 5.74) is 13.6. The van der Waals surface area contributed by atoms with Gasteiger partial charge < -0.3 is 13.6 Å². The Morgan fingerprint density at radius 1 is 0.294 bits per heavy atom. The van der Waals surface area contributed by atoms with Gasteiger partial charge in [-0.3, -0.25) is 0 Å². The topological polar surface area (TPSA) is 23.0 Å². The van der Waals surface area contributed by atoms with Gasteiger partial charge in [-0.15, -0.1) is 0 Å². The van der Waals surface area contributed by atoms with Crippen LogP contribution in [0.3, 0.4) is 0 Å². The first-order valence-electron chi connectivity index (χ1n) is 17.4. The van der Waals surface area contributed by atoms with E-state index in [-0.39, 0.29) is 0 Å². The Labute approximate surface area is 293 Å². The lowest BCUT2D eigenvalue weighted by molar-refractivity contribution is 0.669. The van der Waals surface area contributed by atoms with Crippen LogP contribution in [-0.4, -0.2) is 9.13 Å². The van der Waals surface area contributed by atoms with Crippen LogP contribution < -0.4 is 0 Å². The summed E-state index contributed by atoms with van der Waals surface area (Å²) in [5.74, 6) is 0. The van der Waals surface area contributed by atoms with Crippen molar-refractivity contribution in [3.8, 4) is 33.6 Å². The quantitative estimate of drug-likeness (QED) is 0.186. The standard InChI is InChI=1S/C48H30N2O/c1-2-12-31(13-3-1)32-14-10-16-35(28-32)49-41-21-7-4-19-39(41)47-43(49)26-27-44-48(47)40-20-5-8-22-42(40)50(44)36-17-11-15-33(29-36)34-24-25-38-37-18-6-9-23-45(37)51-46(38)30-34/h1-30H. The number of hydrogen-bond acceptors (Lipinski definition) is 1. The van der Waals surface area contributed by atoms with Crippen molar-refractivity contribution < 1.29 is 4.42 Å². The normalized spacial score (nSPS) is 11.9. The minimum Gasteiger partial charge on any atom is -0.456 e. The second-order valence-corrected chi connectivity index (χ2v) is 13.3. The number of rotatable bonds is 4. The second kappa shape index (κ2) is 10.8. The van der Waals surface area contributed by atoms with E-state index in [0.29, 0.717) is 0 Å². The number of furan rings is 1. The average Bonchev–Trinajstić information content (AvgIpc) is 3.85. The van der Waals surface area contributed by atoms with Crippen molar-refractivity contribution in [2.75, 3.05) is 0 Å².